The molecule has 4 aliphatic heterocycles. The number of aliphatic imine (C=N–C) groups is 3. The minimum absolute atomic E-state index is 0.986. The number of aromatic nitrogens is 3. The van der Waals surface area contributed by atoms with Crippen LogP contribution in [0.4, 0.5) is 0 Å². The first-order chi connectivity index (χ1) is 32.3. The molecule has 3 N–H and O–H groups in total. The Bertz CT molecular complexity index is 3390. The number of hydrogen-bond acceptors (Lipinski definition) is 6. The van der Waals surface area contributed by atoms with Gasteiger partial charge in [-0.2, -0.15) is 0 Å². The summed E-state index contributed by atoms with van der Waals surface area (Å²) in [6.07, 6.45) is 26.3. The number of aryl methyl sites for hydroxylation is 3. The molecule has 66 heavy (non-hydrogen) atoms. The highest BCUT2D eigenvalue weighted by molar-refractivity contribution is 7.08. The second kappa shape index (κ2) is 19.3. The Balaban J connectivity index is 1.25. The standard InChI is InChI=1S/C57H60N6S3/c1-7-13-34-25-46-52-19-20-53(64-52)48-27-36(15-9-3)42(60-48)32-43-38(17-11-5)29-50(62-43)56-23-24-57(66-56)51-30-39(18-12-6)45(63-51)33-44-37(16-10-4)28-49(61-44)55-22-21-54(65-55)47-26-35(14-8-2)41(59-47)31-40(34)58-46/h19-33,58,61-62H,7-18H2,1-6H3. The van der Waals surface area contributed by atoms with Crippen LogP contribution in [0.3, 0.4) is 0 Å². The Morgan fingerprint density at radius 2 is 0.621 bits per heavy atom. The lowest BCUT2D eigenvalue weighted by atomic mass is 10.0. The first-order valence-corrected chi connectivity index (χ1v) is 26.8. The van der Waals surface area contributed by atoms with Crippen molar-refractivity contribution in [2.75, 3.05) is 0 Å². The maximum absolute atomic E-state index is 5.36. The highest BCUT2D eigenvalue weighted by Crippen LogP contribution is 2.25. The van der Waals surface area contributed by atoms with Crippen molar-refractivity contribution in [1.29, 1.82) is 0 Å². The van der Waals surface area contributed by atoms with Gasteiger partial charge >= 0.3 is 0 Å². The number of hydrogen-bond donors (Lipinski definition) is 3. The third-order valence-electron chi connectivity index (χ3n) is 12.8. The zero-order valence-corrected chi connectivity index (χ0v) is 41.7. The van der Waals surface area contributed by atoms with E-state index >= 15 is 0 Å². The lowest BCUT2D eigenvalue weighted by Crippen LogP contribution is -2.12. The van der Waals surface area contributed by atoms with Gasteiger partial charge in [-0.3, -0.25) is 0 Å². The number of thiophene rings is 3. The van der Waals surface area contributed by atoms with Crippen molar-refractivity contribution in [3.05, 3.63) is 166 Å². The van der Waals surface area contributed by atoms with Crippen LogP contribution in [-0.2, 0) is 19.3 Å². The van der Waals surface area contributed by atoms with Gasteiger partial charge in [-0.15, -0.1) is 34.0 Å². The molecule has 336 valence electrons. The number of fused-ring (bicyclic) bond motifs is 15. The number of nitrogens with one attached hydrogen (secondary N) is 3. The minimum atomic E-state index is 0.986. The highest BCUT2D eigenvalue weighted by atomic mass is 32.1. The van der Waals surface area contributed by atoms with Crippen molar-refractivity contribution in [2.45, 2.75) is 119 Å². The summed E-state index contributed by atoms with van der Waals surface area (Å²) < 4.78 is 7.24. The van der Waals surface area contributed by atoms with Gasteiger partial charge in [0.15, 0.2) is 0 Å². The van der Waals surface area contributed by atoms with E-state index in [1.54, 1.807) is 0 Å². The zero-order valence-electron chi connectivity index (χ0n) is 39.2. The van der Waals surface area contributed by atoms with Gasteiger partial charge < -0.3 is 15.0 Å². The first kappa shape index (κ1) is 44.2. The fourth-order valence-electron chi connectivity index (χ4n) is 9.61. The monoisotopic (exact) mass is 924 g/mol. The average Bonchev–Trinajstić information content (AvgIpc) is 4.15. The number of H-pyrrole nitrogens is 3. The van der Waals surface area contributed by atoms with Crippen LogP contribution in [0.15, 0.2) is 105 Å². The van der Waals surface area contributed by atoms with E-state index in [0.29, 0.717) is 0 Å². The van der Waals surface area contributed by atoms with E-state index in [1.165, 1.54) is 60.6 Å². The molecule has 6 aromatic rings. The molecule has 0 aromatic carbocycles. The first-order valence-electron chi connectivity index (χ1n) is 24.4. The average molecular weight is 925 g/mol. The fraction of sp³-hybridized carbons (Fsp3) is 0.316. The summed E-state index contributed by atoms with van der Waals surface area (Å²) in [5.41, 5.74) is 14.2. The van der Waals surface area contributed by atoms with Crippen LogP contribution in [0.5, 0.6) is 0 Å². The van der Waals surface area contributed by atoms with E-state index in [4.69, 9.17) is 15.0 Å². The second-order valence-electron chi connectivity index (χ2n) is 17.9. The Hall–Kier alpha value is -5.61. The van der Waals surface area contributed by atoms with Crippen LogP contribution in [0.2, 0.25) is 0 Å². The molecule has 4 aliphatic rings. The number of allylic oxidation sites excluding steroid dienone is 3. The van der Waals surface area contributed by atoms with Crippen LogP contribution >= 0.6 is 34.0 Å². The van der Waals surface area contributed by atoms with Gasteiger partial charge in [0, 0.05) is 16.0 Å². The van der Waals surface area contributed by atoms with E-state index in [2.05, 4.69) is 148 Å². The summed E-state index contributed by atoms with van der Waals surface area (Å²) in [4.78, 5) is 27.7. The van der Waals surface area contributed by atoms with E-state index in [-0.39, 0.29) is 0 Å². The Morgan fingerprint density at radius 1 is 0.348 bits per heavy atom. The van der Waals surface area contributed by atoms with Gasteiger partial charge in [-0.25, -0.2) is 15.0 Å². The smallest absolute Gasteiger partial charge is 0.0812 e. The van der Waals surface area contributed by atoms with Crippen LogP contribution < -0.4 is 29.6 Å². The third-order valence-corrected chi connectivity index (χ3v) is 16.2. The summed E-state index contributed by atoms with van der Waals surface area (Å²) in [5, 5.41) is 6.93. The number of rotatable bonds is 12. The Morgan fingerprint density at radius 3 is 0.894 bits per heavy atom. The molecule has 0 radical (unpaired) electrons. The fourth-order valence-corrected chi connectivity index (χ4v) is 12.4. The molecule has 0 unspecified atom stereocenters. The quantitative estimate of drug-likeness (QED) is 0.109. The molecule has 0 saturated carbocycles. The van der Waals surface area contributed by atoms with Gasteiger partial charge in [0.25, 0.3) is 0 Å². The predicted octanol–water partition coefficient (Wildman–Crippen LogP) is 10.2. The molecule has 9 heteroatoms. The maximum Gasteiger partial charge on any atom is 0.0812 e. The molecule has 0 atom stereocenters. The molecule has 6 aromatic heterocycles. The highest BCUT2D eigenvalue weighted by Gasteiger charge is 2.18. The van der Waals surface area contributed by atoms with Crippen molar-refractivity contribution in [3.8, 4) is 0 Å². The zero-order chi connectivity index (χ0) is 45.3. The lowest BCUT2D eigenvalue weighted by Gasteiger charge is -2.00. The lowest BCUT2D eigenvalue weighted by molar-refractivity contribution is 0.915. The van der Waals surface area contributed by atoms with Gasteiger partial charge in [0.2, 0.25) is 0 Å². The van der Waals surface area contributed by atoms with Crippen molar-refractivity contribution in [1.82, 2.24) is 15.0 Å². The summed E-state index contributed by atoms with van der Waals surface area (Å²) >= 11 is 5.46. The minimum Gasteiger partial charge on any atom is -0.354 e. The Kier molecular flexibility index (Phi) is 12.9. The van der Waals surface area contributed by atoms with Crippen molar-refractivity contribution >= 4 is 86.5 Å². The van der Waals surface area contributed by atoms with Crippen molar-refractivity contribution in [3.63, 3.8) is 0 Å². The molecule has 6 nitrogen and oxygen atoms in total. The summed E-state index contributed by atoms with van der Waals surface area (Å²) in [6.45, 7) is 13.6. The molecule has 18 bridgehead atoms. The van der Waals surface area contributed by atoms with Gasteiger partial charge in [0.1, 0.15) is 0 Å². The molecule has 10 heterocycles. The molecule has 0 amide bonds. The molecule has 0 aliphatic carbocycles. The van der Waals surface area contributed by atoms with E-state index in [1.807, 2.05) is 34.0 Å². The molecule has 0 fully saturated rings. The molecule has 0 spiro atoms. The van der Waals surface area contributed by atoms with Crippen molar-refractivity contribution in [2.24, 2.45) is 15.0 Å². The van der Waals surface area contributed by atoms with Gasteiger partial charge in [0.05, 0.1) is 77.5 Å². The normalized spacial score (nSPS) is 15.5. The van der Waals surface area contributed by atoms with Gasteiger partial charge in [-0.1, -0.05) is 80.1 Å². The molecule has 0 saturated heterocycles. The van der Waals surface area contributed by atoms with Crippen LogP contribution in [-0.4, -0.2) is 32.1 Å². The maximum atomic E-state index is 5.36. The number of nitrogens with zero attached hydrogens (tertiary/aromatic N) is 3. The third kappa shape index (κ3) is 8.85. The molecule has 10 rings (SSSR count). The summed E-state index contributed by atoms with van der Waals surface area (Å²) in [5.74, 6) is 0. The molecular weight excluding hydrogens is 865 g/mol. The number of aromatic amines is 3. The second-order valence-corrected chi connectivity index (χ2v) is 21.2. The van der Waals surface area contributed by atoms with Gasteiger partial charge in [-0.05, 0) is 163 Å². The SMILES string of the molecule is CCCC1=CC2=c3ccc(s3)=c3cc(CCC)c([nH]3)=CC3=NC(=c4ccc(s4)=c4cc(CCC)c([nH]4)=CC4=NC(=c5ccc(s5)=c5cc(CCC)c([nH]5)=CC1=N2)C=C4CCC)C=C3CCC. The summed E-state index contributed by atoms with van der Waals surface area (Å²) in [6, 6.07) is 20.6. The Labute approximate surface area is 398 Å². The van der Waals surface area contributed by atoms with E-state index < -0.39 is 0 Å². The van der Waals surface area contributed by atoms with Crippen LogP contribution in [0, 0.1) is 29.6 Å². The van der Waals surface area contributed by atoms with Crippen molar-refractivity contribution < 1.29 is 0 Å². The van der Waals surface area contributed by atoms with Crippen LogP contribution in [0.1, 0.15) is 116 Å². The largest absolute Gasteiger partial charge is 0.354 e. The van der Waals surface area contributed by atoms with E-state index in [9.17, 15) is 0 Å². The van der Waals surface area contributed by atoms with Crippen LogP contribution in [0.25, 0.3) is 35.3 Å². The molecular formula is C57H60N6S3. The van der Waals surface area contributed by atoms with E-state index in [0.717, 1.165) is 143 Å². The predicted molar refractivity (Wildman–Crippen MR) is 283 cm³/mol. The summed E-state index contributed by atoms with van der Waals surface area (Å²) in [7, 11) is 0. The topological polar surface area (TPSA) is 84.5 Å².